The molecule has 3 aromatic rings. The quantitative estimate of drug-likeness (QED) is 0.519. The summed E-state index contributed by atoms with van der Waals surface area (Å²) in [6, 6.07) is 8.01. The Morgan fingerprint density at radius 2 is 2.33 bits per heavy atom. The summed E-state index contributed by atoms with van der Waals surface area (Å²) in [4.78, 5) is 15.7. The molecular weight excluding hydrogens is 286 g/mol. The van der Waals surface area contributed by atoms with Crippen molar-refractivity contribution in [2.75, 3.05) is 6.61 Å². The smallest absolute Gasteiger partial charge is 0.212 e. The fourth-order valence-electron chi connectivity index (χ4n) is 2.05. The van der Waals surface area contributed by atoms with Gasteiger partial charge in [0.1, 0.15) is 16.5 Å². The van der Waals surface area contributed by atoms with Gasteiger partial charge in [0.2, 0.25) is 4.96 Å². The third-order valence-electron chi connectivity index (χ3n) is 3.07. The molecule has 0 amide bonds. The van der Waals surface area contributed by atoms with Crippen molar-refractivity contribution in [2.45, 2.75) is 19.8 Å². The zero-order chi connectivity index (χ0) is 14.7. The molecule has 0 aliphatic carbocycles. The molecule has 21 heavy (non-hydrogen) atoms. The highest BCUT2D eigenvalue weighted by Gasteiger charge is 2.08. The van der Waals surface area contributed by atoms with Crippen molar-refractivity contribution in [1.82, 2.24) is 14.6 Å². The Morgan fingerprint density at radius 1 is 1.43 bits per heavy atom. The van der Waals surface area contributed by atoms with Gasteiger partial charge >= 0.3 is 0 Å². The number of rotatable bonds is 6. The van der Waals surface area contributed by atoms with Crippen LogP contribution in [0.3, 0.4) is 0 Å². The summed E-state index contributed by atoms with van der Waals surface area (Å²) >= 11 is 1.51. The molecule has 2 heterocycles. The molecule has 0 radical (unpaired) electrons. The first-order valence-electron chi connectivity index (χ1n) is 6.74. The molecule has 5 nitrogen and oxygen atoms in total. The van der Waals surface area contributed by atoms with Crippen LogP contribution in [-0.4, -0.2) is 27.5 Å². The van der Waals surface area contributed by atoms with Gasteiger partial charge in [-0.25, -0.2) is 9.50 Å². The number of ether oxygens (including phenoxy) is 1. The predicted octanol–water partition coefficient (Wildman–Crippen LogP) is 2.92. The van der Waals surface area contributed by atoms with Gasteiger partial charge in [-0.05, 0) is 31.0 Å². The second-order valence-electron chi connectivity index (χ2n) is 4.76. The molecule has 0 aliphatic rings. The van der Waals surface area contributed by atoms with Gasteiger partial charge in [0, 0.05) is 6.42 Å². The normalized spacial score (nSPS) is 10.9. The highest BCUT2D eigenvalue weighted by atomic mass is 32.1. The molecule has 1 aromatic carbocycles. The summed E-state index contributed by atoms with van der Waals surface area (Å²) < 4.78 is 7.30. The third-order valence-corrected chi connectivity index (χ3v) is 4.05. The predicted molar refractivity (Wildman–Crippen MR) is 81.2 cm³/mol. The van der Waals surface area contributed by atoms with Gasteiger partial charge in [-0.2, -0.15) is 5.10 Å². The lowest BCUT2D eigenvalue weighted by molar-refractivity contribution is 0.111. The monoisotopic (exact) mass is 301 g/mol. The molecule has 0 unspecified atom stereocenters. The average molecular weight is 301 g/mol. The zero-order valence-corrected chi connectivity index (χ0v) is 12.5. The highest BCUT2D eigenvalue weighted by Crippen LogP contribution is 2.17. The first kappa shape index (κ1) is 13.8. The van der Waals surface area contributed by atoms with E-state index in [1.807, 2.05) is 31.2 Å². The molecule has 0 aliphatic heterocycles. The highest BCUT2D eigenvalue weighted by molar-refractivity contribution is 7.16. The summed E-state index contributed by atoms with van der Waals surface area (Å²) in [7, 11) is 0. The van der Waals surface area contributed by atoms with Crippen LogP contribution in [0, 0.1) is 6.92 Å². The van der Waals surface area contributed by atoms with Crippen molar-refractivity contribution in [2.24, 2.45) is 0 Å². The minimum absolute atomic E-state index is 0.489. The summed E-state index contributed by atoms with van der Waals surface area (Å²) in [5.41, 5.74) is 1.68. The Kier molecular flexibility index (Phi) is 3.96. The lowest BCUT2D eigenvalue weighted by Crippen LogP contribution is -2.00. The molecule has 108 valence electrons. The van der Waals surface area contributed by atoms with E-state index < -0.39 is 0 Å². The molecule has 0 atom stereocenters. The molecule has 0 saturated heterocycles. The van der Waals surface area contributed by atoms with E-state index in [1.54, 1.807) is 4.52 Å². The second-order valence-corrected chi connectivity index (χ2v) is 5.80. The fourth-order valence-corrected chi connectivity index (χ4v) is 2.97. The maximum atomic E-state index is 10.8. The van der Waals surface area contributed by atoms with E-state index in [1.165, 1.54) is 23.1 Å². The van der Waals surface area contributed by atoms with Crippen LogP contribution >= 0.6 is 11.3 Å². The second kappa shape index (κ2) is 6.05. The Morgan fingerprint density at radius 3 is 3.14 bits per heavy atom. The third kappa shape index (κ3) is 3.11. The Labute approximate surface area is 126 Å². The standard InChI is InChI=1S/C15H15N3O2S/c1-11-4-2-5-13(8-11)20-7-3-6-14-17-18-12(10-19)9-16-15(18)21-14/h2,4-5,8-10H,3,6-7H2,1H3. The number of carbonyl (C=O) groups is 1. The topological polar surface area (TPSA) is 56.5 Å². The van der Waals surface area contributed by atoms with Crippen molar-refractivity contribution in [3.05, 3.63) is 46.7 Å². The molecule has 0 fully saturated rings. The number of aryl methyl sites for hydroxylation is 2. The lowest BCUT2D eigenvalue weighted by Gasteiger charge is -2.05. The SMILES string of the molecule is Cc1cccc(OCCCc2nn3c(C=O)cnc3s2)c1. The van der Waals surface area contributed by atoms with Gasteiger partial charge in [-0.15, -0.1) is 0 Å². The van der Waals surface area contributed by atoms with Crippen LogP contribution in [0.2, 0.25) is 0 Å². The van der Waals surface area contributed by atoms with Crippen LogP contribution in [-0.2, 0) is 6.42 Å². The number of hydrogen-bond donors (Lipinski definition) is 0. The van der Waals surface area contributed by atoms with E-state index in [0.717, 1.165) is 34.8 Å². The van der Waals surface area contributed by atoms with Gasteiger partial charge in [0.05, 0.1) is 12.8 Å². The van der Waals surface area contributed by atoms with Gasteiger partial charge in [-0.1, -0.05) is 23.5 Å². The zero-order valence-electron chi connectivity index (χ0n) is 11.7. The van der Waals surface area contributed by atoms with Gasteiger partial charge in [-0.3, -0.25) is 4.79 Å². The number of fused-ring (bicyclic) bond motifs is 1. The molecular formula is C15H15N3O2S. The summed E-state index contributed by atoms with van der Waals surface area (Å²) in [6.07, 6.45) is 4.00. The maximum absolute atomic E-state index is 10.8. The molecule has 0 spiro atoms. The maximum Gasteiger partial charge on any atom is 0.212 e. The van der Waals surface area contributed by atoms with E-state index in [0.29, 0.717) is 12.3 Å². The van der Waals surface area contributed by atoms with E-state index in [4.69, 9.17) is 4.74 Å². The van der Waals surface area contributed by atoms with Crippen LogP contribution in [0.1, 0.15) is 27.5 Å². The van der Waals surface area contributed by atoms with Crippen LogP contribution < -0.4 is 4.74 Å². The van der Waals surface area contributed by atoms with Crippen LogP contribution in [0.5, 0.6) is 5.75 Å². The molecule has 3 rings (SSSR count). The number of aldehydes is 1. The molecule has 0 bridgehead atoms. The van der Waals surface area contributed by atoms with Crippen molar-refractivity contribution < 1.29 is 9.53 Å². The minimum atomic E-state index is 0.489. The van der Waals surface area contributed by atoms with E-state index in [2.05, 4.69) is 10.1 Å². The van der Waals surface area contributed by atoms with E-state index >= 15 is 0 Å². The minimum Gasteiger partial charge on any atom is -0.494 e. The Bertz CT molecular complexity index is 763. The first-order chi connectivity index (χ1) is 10.3. The van der Waals surface area contributed by atoms with Gasteiger partial charge < -0.3 is 4.74 Å². The summed E-state index contributed by atoms with van der Waals surface area (Å²) in [6.45, 7) is 2.69. The number of benzene rings is 1. The van der Waals surface area contributed by atoms with Crippen molar-refractivity contribution in [3.63, 3.8) is 0 Å². The van der Waals surface area contributed by atoms with E-state index in [-0.39, 0.29) is 0 Å². The van der Waals surface area contributed by atoms with Crippen LogP contribution in [0.4, 0.5) is 0 Å². The summed E-state index contributed by atoms with van der Waals surface area (Å²) in [5.74, 6) is 0.896. The van der Waals surface area contributed by atoms with Crippen molar-refractivity contribution >= 4 is 22.6 Å². The Hall–Kier alpha value is -2.21. The van der Waals surface area contributed by atoms with E-state index in [9.17, 15) is 4.79 Å². The number of aromatic nitrogens is 3. The summed E-state index contributed by atoms with van der Waals surface area (Å²) in [5, 5.41) is 5.35. The number of hydrogen-bond acceptors (Lipinski definition) is 5. The lowest BCUT2D eigenvalue weighted by atomic mass is 10.2. The van der Waals surface area contributed by atoms with Crippen LogP contribution in [0.25, 0.3) is 4.96 Å². The molecule has 0 saturated carbocycles. The molecule has 6 heteroatoms. The molecule has 0 N–H and O–H groups in total. The average Bonchev–Trinajstić information content (AvgIpc) is 3.03. The first-order valence-corrected chi connectivity index (χ1v) is 7.56. The fraction of sp³-hybridized carbons (Fsp3) is 0.267. The van der Waals surface area contributed by atoms with Crippen LogP contribution in [0.15, 0.2) is 30.5 Å². The number of imidazole rings is 1. The number of nitrogens with zero attached hydrogens (tertiary/aromatic N) is 3. The van der Waals surface area contributed by atoms with Crippen molar-refractivity contribution in [3.8, 4) is 5.75 Å². The van der Waals surface area contributed by atoms with Gasteiger partial charge in [0.25, 0.3) is 0 Å². The number of carbonyl (C=O) groups excluding carboxylic acids is 1. The largest absolute Gasteiger partial charge is 0.494 e. The van der Waals surface area contributed by atoms with Crippen molar-refractivity contribution in [1.29, 1.82) is 0 Å². The van der Waals surface area contributed by atoms with Gasteiger partial charge in [0.15, 0.2) is 6.29 Å². The molecule has 2 aromatic heterocycles. The Balaban J connectivity index is 1.54.